The number of carbonyl (C=O) groups is 2. The first-order valence-electron chi connectivity index (χ1n) is 9.54. The Morgan fingerprint density at radius 2 is 1.86 bits per heavy atom. The van der Waals surface area contributed by atoms with E-state index in [0.29, 0.717) is 18.0 Å². The van der Waals surface area contributed by atoms with Crippen molar-refractivity contribution in [3.63, 3.8) is 0 Å². The van der Waals surface area contributed by atoms with Crippen molar-refractivity contribution in [3.05, 3.63) is 34.6 Å². The van der Waals surface area contributed by atoms with Gasteiger partial charge in [0.05, 0.1) is 13.7 Å². The number of halogens is 2. The van der Waals surface area contributed by atoms with Crippen molar-refractivity contribution in [2.45, 2.75) is 32.9 Å². The number of hydrogen-bond acceptors (Lipinski definition) is 5. The van der Waals surface area contributed by atoms with Gasteiger partial charge in [-0.3, -0.25) is 14.6 Å². The lowest BCUT2D eigenvalue weighted by atomic mass is 10.0. The Labute approximate surface area is 171 Å². The molecule has 6 nitrogen and oxygen atoms in total. The van der Waals surface area contributed by atoms with Crippen molar-refractivity contribution in [3.8, 4) is 0 Å². The van der Waals surface area contributed by atoms with Gasteiger partial charge in [-0.25, -0.2) is 9.18 Å². The fraction of sp³-hybridized carbons (Fsp3) is 0.600. The largest absolute Gasteiger partial charge is 0.467 e. The normalized spacial score (nSPS) is 16.8. The van der Waals surface area contributed by atoms with E-state index in [1.54, 1.807) is 6.07 Å². The minimum absolute atomic E-state index is 0.175. The molecule has 2 rings (SSSR count). The highest BCUT2D eigenvalue weighted by Gasteiger charge is 2.25. The van der Waals surface area contributed by atoms with Crippen molar-refractivity contribution in [2.24, 2.45) is 5.92 Å². The third-order valence-electron chi connectivity index (χ3n) is 4.77. The van der Waals surface area contributed by atoms with Gasteiger partial charge in [-0.15, -0.1) is 0 Å². The highest BCUT2D eigenvalue weighted by molar-refractivity contribution is 6.31. The highest BCUT2D eigenvalue weighted by atomic mass is 35.5. The van der Waals surface area contributed by atoms with Crippen molar-refractivity contribution >= 4 is 23.5 Å². The van der Waals surface area contributed by atoms with Gasteiger partial charge < -0.3 is 10.1 Å². The molecule has 156 valence electrons. The number of esters is 1. The number of nitrogens with zero attached hydrogens (tertiary/aromatic N) is 2. The van der Waals surface area contributed by atoms with Crippen LogP contribution in [0.4, 0.5) is 4.39 Å². The average Bonchev–Trinajstić information content (AvgIpc) is 2.64. The lowest BCUT2D eigenvalue weighted by Gasteiger charge is -2.34. The molecule has 0 aromatic heterocycles. The van der Waals surface area contributed by atoms with E-state index in [1.165, 1.54) is 19.2 Å². The van der Waals surface area contributed by atoms with Crippen LogP contribution in [0.5, 0.6) is 0 Å². The second-order valence-corrected chi connectivity index (χ2v) is 7.97. The molecule has 1 N–H and O–H groups in total. The summed E-state index contributed by atoms with van der Waals surface area (Å²) in [5, 5.41) is 3.22. The molecular formula is C20H29ClFN3O3. The first-order valence-corrected chi connectivity index (χ1v) is 9.92. The molecule has 0 bridgehead atoms. The van der Waals surface area contributed by atoms with Crippen molar-refractivity contribution in [1.82, 2.24) is 15.1 Å². The van der Waals surface area contributed by atoms with E-state index in [1.807, 2.05) is 13.8 Å². The van der Waals surface area contributed by atoms with Crippen LogP contribution in [0, 0.1) is 11.7 Å². The van der Waals surface area contributed by atoms with Gasteiger partial charge in [-0.1, -0.05) is 31.5 Å². The van der Waals surface area contributed by atoms with E-state index >= 15 is 0 Å². The standard InChI is InChI=1S/C20H29ClFN3O3/c1-14(2)10-18(20(27)28-3)23-19(26)13-25-8-6-24(7-9-25)12-15-4-5-16(22)11-17(15)21/h4-5,11,14,18H,6-10,12-13H2,1-3H3,(H,23,26). The molecule has 0 aliphatic carbocycles. The Balaban J connectivity index is 1.79. The molecule has 1 amide bonds. The number of hydrogen-bond donors (Lipinski definition) is 1. The Morgan fingerprint density at radius 3 is 2.43 bits per heavy atom. The Morgan fingerprint density at radius 1 is 1.21 bits per heavy atom. The average molecular weight is 414 g/mol. The number of carbonyl (C=O) groups excluding carboxylic acids is 2. The molecule has 1 atom stereocenters. The Hall–Kier alpha value is -1.70. The van der Waals surface area contributed by atoms with Gasteiger partial charge in [0, 0.05) is 37.7 Å². The predicted octanol–water partition coefficient (Wildman–Crippen LogP) is 2.30. The van der Waals surface area contributed by atoms with E-state index in [4.69, 9.17) is 16.3 Å². The molecule has 0 spiro atoms. The van der Waals surface area contributed by atoms with Crippen LogP contribution in [0.2, 0.25) is 5.02 Å². The van der Waals surface area contributed by atoms with Crippen LogP contribution < -0.4 is 5.32 Å². The van der Waals surface area contributed by atoms with E-state index in [-0.39, 0.29) is 24.2 Å². The van der Waals surface area contributed by atoms with Crippen LogP contribution in [0.15, 0.2) is 18.2 Å². The maximum absolute atomic E-state index is 13.2. The van der Waals surface area contributed by atoms with Crippen molar-refractivity contribution in [2.75, 3.05) is 39.8 Å². The number of ether oxygens (including phenoxy) is 1. The number of nitrogens with one attached hydrogen (secondary N) is 1. The zero-order chi connectivity index (χ0) is 20.7. The molecule has 1 aliphatic rings. The summed E-state index contributed by atoms with van der Waals surface area (Å²) in [6.07, 6.45) is 0.546. The number of amides is 1. The van der Waals surface area contributed by atoms with E-state index in [9.17, 15) is 14.0 Å². The van der Waals surface area contributed by atoms with Gasteiger partial charge in [0.15, 0.2) is 0 Å². The maximum atomic E-state index is 13.2. The fourth-order valence-electron chi connectivity index (χ4n) is 3.27. The third kappa shape index (κ3) is 7.04. The molecule has 28 heavy (non-hydrogen) atoms. The molecule has 1 aromatic rings. The van der Waals surface area contributed by atoms with Gasteiger partial charge in [0.2, 0.25) is 5.91 Å². The SMILES string of the molecule is COC(=O)C(CC(C)C)NC(=O)CN1CCN(Cc2ccc(F)cc2Cl)CC1. The minimum Gasteiger partial charge on any atom is -0.467 e. The number of piperazine rings is 1. The first kappa shape index (κ1) is 22.6. The van der Waals surface area contributed by atoms with Gasteiger partial charge in [-0.2, -0.15) is 0 Å². The van der Waals surface area contributed by atoms with Crippen LogP contribution in [-0.2, 0) is 20.9 Å². The zero-order valence-corrected chi connectivity index (χ0v) is 17.5. The van der Waals surface area contributed by atoms with E-state index in [0.717, 1.165) is 31.7 Å². The van der Waals surface area contributed by atoms with Crippen LogP contribution in [0.3, 0.4) is 0 Å². The number of rotatable bonds is 8. The van der Waals surface area contributed by atoms with Gasteiger partial charge >= 0.3 is 5.97 Å². The zero-order valence-electron chi connectivity index (χ0n) is 16.7. The summed E-state index contributed by atoms with van der Waals surface area (Å²) < 4.78 is 17.9. The number of methoxy groups -OCH3 is 1. The predicted molar refractivity (Wildman–Crippen MR) is 107 cm³/mol. The monoisotopic (exact) mass is 413 g/mol. The van der Waals surface area contributed by atoms with Crippen LogP contribution in [-0.4, -0.2) is 67.6 Å². The molecular weight excluding hydrogens is 385 g/mol. The van der Waals surface area contributed by atoms with Crippen LogP contribution >= 0.6 is 11.6 Å². The summed E-state index contributed by atoms with van der Waals surface area (Å²) in [4.78, 5) is 28.5. The van der Waals surface area contributed by atoms with Gasteiger partial charge in [-0.05, 0) is 30.0 Å². The minimum atomic E-state index is -0.612. The smallest absolute Gasteiger partial charge is 0.328 e. The molecule has 0 saturated carbocycles. The summed E-state index contributed by atoms with van der Waals surface area (Å²) in [5.74, 6) is -0.660. The highest BCUT2D eigenvalue weighted by Crippen LogP contribution is 2.19. The fourth-order valence-corrected chi connectivity index (χ4v) is 3.49. The van der Waals surface area contributed by atoms with Crippen LogP contribution in [0.25, 0.3) is 0 Å². The summed E-state index contributed by atoms with van der Waals surface area (Å²) >= 11 is 6.10. The van der Waals surface area contributed by atoms with Crippen LogP contribution in [0.1, 0.15) is 25.8 Å². The van der Waals surface area contributed by atoms with Crippen molar-refractivity contribution in [1.29, 1.82) is 0 Å². The Kier molecular flexibility index (Phi) is 8.66. The molecule has 1 aliphatic heterocycles. The molecule has 1 fully saturated rings. The summed E-state index contributed by atoms with van der Waals surface area (Å²) in [7, 11) is 1.33. The van der Waals surface area contributed by atoms with Gasteiger partial charge in [0.25, 0.3) is 0 Å². The Bertz CT molecular complexity index is 679. The molecule has 1 heterocycles. The molecule has 1 saturated heterocycles. The third-order valence-corrected chi connectivity index (χ3v) is 5.12. The van der Waals surface area contributed by atoms with E-state index in [2.05, 4.69) is 15.1 Å². The summed E-state index contributed by atoms with van der Waals surface area (Å²) in [6.45, 7) is 7.93. The summed E-state index contributed by atoms with van der Waals surface area (Å²) in [6, 6.07) is 3.83. The lowest BCUT2D eigenvalue weighted by Crippen LogP contribution is -2.51. The second kappa shape index (κ2) is 10.7. The molecule has 8 heteroatoms. The first-order chi connectivity index (χ1) is 13.3. The molecule has 0 radical (unpaired) electrons. The number of benzene rings is 1. The second-order valence-electron chi connectivity index (χ2n) is 7.56. The maximum Gasteiger partial charge on any atom is 0.328 e. The quantitative estimate of drug-likeness (QED) is 0.662. The van der Waals surface area contributed by atoms with E-state index < -0.39 is 12.0 Å². The molecule has 1 unspecified atom stereocenters. The summed E-state index contributed by atoms with van der Waals surface area (Å²) in [5.41, 5.74) is 0.892. The lowest BCUT2D eigenvalue weighted by molar-refractivity contribution is -0.145. The topological polar surface area (TPSA) is 61.9 Å². The van der Waals surface area contributed by atoms with Crippen molar-refractivity contribution < 1.29 is 18.7 Å². The van der Waals surface area contributed by atoms with Gasteiger partial charge in [0.1, 0.15) is 11.9 Å². The molecule has 1 aromatic carbocycles.